The largest absolute Gasteiger partial charge is 0.462 e. The van der Waals surface area contributed by atoms with E-state index in [-0.39, 0.29) is 45.5 Å². The molecule has 36 heavy (non-hydrogen) atoms. The van der Waals surface area contributed by atoms with E-state index in [0.717, 1.165) is 6.42 Å². The van der Waals surface area contributed by atoms with Gasteiger partial charge in [0, 0.05) is 30.4 Å². The summed E-state index contributed by atoms with van der Waals surface area (Å²) in [4.78, 5) is 58.6. The summed E-state index contributed by atoms with van der Waals surface area (Å²) in [7, 11) is 0. The molecule has 0 aliphatic heterocycles. The Bertz CT molecular complexity index is 1620. The van der Waals surface area contributed by atoms with Crippen LogP contribution in [-0.4, -0.2) is 37.4 Å². The van der Waals surface area contributed by atoms with Gasteiger partial charge < -0.3 is 9.30 Å². The number of unbranched alkanes of at least 4 members (excludes halogenated alkanes) is 1. The fraction of sp³-hybridized carbons (Fsp3) is 0.240. The fourth-order valence-electron chi connectivity index (χ4n) is 3.77. The molecule has 1 aromatic carbocycles. The van der Waals surface area contributed by atoms with Crippen LogP contribution in [0.25, 0.3) is 16.7 Å². The summed E-state index contributed by atoms with van der Waals surface area (Å²) in [6.45, 7) is 4.04. The molecule has 4 aromatic rings. The van der Waals surface area contributed by atoms with Crippen LogP contribution in [-0.2, 0) is 11.3 Å². The van der Waals surface area contributed by atoms with E-state index < -0.39 is 16.8 Å². The lowest BCUT2D eigenvalue weighted by Gasteiger charge is -2.15. The standard InChI is InChI=1S/C25H23N5O6/c1-3-5-13-29-21-18(24(32)28-14-7-6-8-20(28)26-21)15-19(25(33)36-4-2)22(29)27-23(31)16-9-11-17(12-10-16)30(34)35/h6-12,14-15H,3-5,13H2,1-2H3. The molecule has 0 unspecified atom stereocenters. The van der Waals surface area contributed by atoms with Crippen LogP contribution in [0.4, 0.5) is 5.69 Å². The monoisotopic (exact) mass is 489 g/mol. The molecule has 0 fully saturated rings. The van der Waals surface area contributed by atoms with Crippen molar-refractivity contribution in [3.05, 3.63) is 91.8 Å². The number of nitro benzene ring substituents is 1. The first-order valence-electron chi connectivity index (χ1n) is 11.4. The van der Waals surface area contributed by atoms with Crippen LogP contribution < -0.4 is 11.0 Å². The first-order valence-corrected chi connectivity index (χ1v) is 11.4. The van der Waals surface area contributed by atoms with Gasteiger partial charge in [0.25, 0.3) is 17.2 Å². The number of benzene rings is 1. The number of hydrogen-bond donors (Lipinski definition) is 0. The Morgan fingerprint density at radius 2 is 1.89 bits per heavy atom. The highest BCUT2D eigenvalue weighted by molar-refractivity contribution is 5.97. The zero-order chi connectivity index (χ0) is 25.8. The van der Waals surface area contributed by atoms with Gasteiger partial charge in [-0.05, 0) is 43.7 Å². The highest BCUT2D eigenvalue weighted by atomic mass is 16.6. The van der Waals surface area contributed by atoms with Gasteiger partial charge in [-0.2, -0.15) is 4.99 Å². The summed E-state index contributed by atoms with van der Waals surface area (Å²) in [6, 6.07) is 11.5. The maximum Gasteiger partial charge on any atom is 0.341 e. The number of hydrogen-bond acceptors (Lipinski definition) is 7. The highest BCUT2D eigenvalue weighted by Gasteiger charge is 2.20. The number of carbonyl (C=O) groups excluding carboxylic acids is 2. The predicted octanol–water partition coefficient (Wildman–Crippen LogP) is 3.28. The molecule has 184 valence electrons. The Morgan fingerprint density at radius 3 is 2.56 bits per heavy atom. The first kappa shape index (κ1) is 24.5. The van der Waals surface area contributed by atoms with Crippen molar-refractivity contribution in [2.45, 2.75) is 33.2 Å². The SMILES string of the molecule is CCCCn1c(=NC(=O)c2ccc([N+](=O)[O-])cc2)c(C(=O)OCC)cc2c(=O)n3ccccc3nc21. The van der Waals surface area contributed by atoms with Crippen LogP contribution in [0.2, 0.25) is 0 Å². The molecule has 11 heteroatoms. The zero-order valence-corrected chi connectivity index (χ0v) is 19.7. The summed E-state index contributed by atoms with van der Waals surface area (Å²) < 4.78 is 8.17. The third-order valence-electron chi connectivity index (χ3n) is 5.55. The van der Waals surface area contributed by atoms with Gasteiger partial charge in [-0.3, -0.25) is 24.1 Å². The van der Waals surface area contributed by atoms with E-state index in [2.05, 4.69) is 9.98 Å². The molecule has 11 nitrogen and oxygen atoms in total. The third kappa shape index (κ3) is 4.63. The number of aromatic nitrogens is 3. The predicted molar refractivity (Wildman–Crippen MR) is 131 cm³/mol. The van der Waals surface area contributed by atoms with E-state index in [9.17, 15) is 24.5 Å². The van der Waals surface area contributed by atoms with Crippen LogP contribution >= 0.6 is 0 Å². The van der Waals surface area contributed by atoms with E-state index in [0.29, 0.717) is 18.6 Å². The molecular formula is C25H23N5O6. The molecule has 0 radical (unpaired) electrons. The molecule has 0 aliphatic rings. The number of carbonyl (C=O) groups is 2. The normalized spacial score (nSPS) is 11.7. The maximum absolute atomic E-state index is 13.3. The fourth-order valence-corrected chi connectivity index (χ4v) is 3.77. The number of pyridine rings is 2. The molecule has 0 N–H and O–H groups in total. The maximum atomic E-state index is 13.3. The van der Waals surface area contributed by atoms with Gasteiger partial charge in [0.05, 0.1) is 16.9 Å². The molecule has 0 saturated heterocycles. The van der Waals surface area contributed by atoms with Crippen molar-refractivity contribution in [3.63, 3.8) is 0 Å². The molecule has 0 bridgehead atoms. The number of nitro groups is 1. The van der Waals surface area contributed by atoms with Gasteiger partial charge in [0.1, 0.15) is 16.9 Å². The molecule has 4 rings (SSSR count). The van der Waals surface area contributed by atoms with Crippen molar-refractivity contribution in [2.24, 2.45) is 4.99 Å². The van der Waals surface area contributed by atoms with Crippen LogP contribution in [0.5, 0.6) is 0 Å². The smallest absolute Gasteiger partial charge is 0.341 e. The van der Waals surface area contributed by atoms with Gasteiger partial charge in [-0.15, -0.1) is 0 Å². The molecule has 3 aromatic heterocycles. The van der Waals surface area contributed by atoms with Crippen LogP contribution in [0.3, 0.4) is 0 Å². The minimum Gasteiger partial charge on any atom is -0.462 e. The Hall–Kier alpha value is -4.67. The van der Waals surface area contributed by atoms with E-state index >= 15 is 0 Å². The summed E-state index contributed by atoms with van der Waals surface area (Å²) in [6.07, 6.45) is 3.04. The molecular weight excluding hydrogens is 466 g/mol. The van der Waals surface area contributed by atoms with E-state index in [1.54, 1.807) is 35.9 Å². The number of esters is 1. The van der Waals surface area contributed by atoms with Crippen molar-refractivity contribution >= 4 is 34.2 Å². The molecule has 0 saturated carbocycles. The van der Waals surface area contributed by atoms with Gasteiger partial charge in [-0.25, -0.2) is 9.78 Å². The molecule has 0 atom stereocenters. The average molecular weight is 489 g/mol. The number of aryl methyl sites for hydroxylation is 1. The van der Waals surface area contributed by atoms with Crippen molar-refractivity contribution in [1.82, 2.24) is 14.0 Å². The lowest BCUT2D eigenvalue weighted by Crippen LogP contribution is -2.32. The minimum absolute atomic E-state index is 0.00457. The average Bonchev–Trinajstić information content (AvgIpc) is 2.88. The van der Waals surface area contributed by atoms with Crippen LogP contribution in [0.1, 0.15) is 47.4 Å². The molecule has 1 amide bonds. The second kappa shape index (κ2) is 10.3. The Balaban J connectivity index is 2.05. The van der Waals surface area contributed by atoms with Gasteiger partial charge in [-0.1, -0.05) is 19.4 Å². The van der Waals surface area contributed by atoms with Crippen LogP contribution in [0, 0.1) is 10.1 Å². The lowest BCUT2D eigenvalue weighted by molar-refractivity contribution is -0.384. The number of nitrogens with zero attached hydrogens (tertiary/aromatic N) is 5. The Morgan fingerprint density at radius 1 is 1.14 bits per heavy atom. The van der Waals surface area contributed by atoms with E-state index in [1.807, 2.05) is 6.92 Å². The van der Waals surface area contributed by atoms with Crippen molar-refractivity contribution in [2.75, 3.05) is 6.61 Å². The second-order valence-electron chi connectivity index (χ2n) is 7.91. The van der Waals surface area contributed by atoms with Gasteiger partial charge in [0.15, 0.2) is 5.49 Å². The summed E-state index contributed by atoms with van der Waals surface area (Å²) in [5.41, 5.74) is 0.193. The van der Waals surface area contributed by atoms with Crippen molar-refractivity contribution in [1.29, 1.82) is 0 Å². The number of fused-ring (bicyclic) bond motifs is 2. The van der Waals surface area contributed by atoms with Crippen LogP contribution in [0.15, 0.2) is 64.5 Å². The first-order chi connectivity index (χ1) is 17.3. The van der Waals surface area contributed by atoms with Gasteiger partial charge in [0.2, 0.25) is 0 Å². The number of amides is 1. The van der Waals surface area contributed by atoms with E-state index in [1.165, 1.54) is 34.7 Å². The second-order valence-corrected chi connectivity index (χ2v) is 7.91. The van der Waals surface area contributed by atoms with Gasteiger partial charge >= 0.3 is 5.97 Å². The number of rotatable bonds is 7. The summed E-state index contributed by atoms with van der Waals surface area (Å²) in [5.74, 6) is -1.45. The molecule has 3 heterocycles. The molecule has 0 aliphatic carbocycles. The minimum atomic E-state index is -0.738. The number of ether oxygens (including phenoxy) is 1. The topological polar surface area (TPSA) is 138 Å². The number of non-ortho nitro benzene ring substituents is 1. The third-order valence-corrected chi connectivity index (χ3v) is 5.55. The molecule has 0 spiro atoms. The summed E-state index contributed by atoms with van der Waals surface area (Å²) >= 11 is 0. The Kier molecular flexibility index (Phi) is 7.00. The zero-order valence-electron chi connectivity index (χ0n) is 19.7. The van der Waals surface area contributed by atoms with E-state index in [4.69, 9.17) is 4.74 Å². The lowest BCUT2D eigenvalue weighted by atomic mass is 10.2. The quantitative estimate of drug-likeness (QED) is 0.168. The highest BCUT2D eigenvalue weighted by Crippen LogP contribution is 2.15. The Labute approximate surface area is 204 Å². The van der Waals surface area contributed by atoms with Crippen molar-refractivity contribution in [3.8, 4) is 0 Å². The van der Waals surface area contributed by atoms with Crippen molar-refractivity contribution < 1.29 is 19.2 Å². The summed E-state index contributed by atoms with van der Waals surface area (Å²) in [5, 5.41) is 11.1.